The van der Waals surface area contributed by atoms with E-state index in [1.807, 2.05) is 66.7 Å². The molecule has 0 radical (unpaired) electrons. The van der Waals surface area contributed by atoms with Crippen molar-refractivity contribution in [1.29, 1.82) is 0 Å². The van der Waals surface area contributed by atoms with Gasteiger partial charge in [0.1, 0.15) is 24.1 Å². The molecule has 3 N–H and O–H groups in total. The van der Waals surface area contributed by atoms with Gasteiger partial charge in [0.05, 0.1) is 9.82 Å². The number of benzene rings is 6. The Labute approximate surface area is 331 Å². The van der Waals surface area contributed by atoms with Crippen molar-refractivity contribution in [3.05, 3.63) is 166 Å². The van der Waals surface area contributed by atoms with Gasteiger partial charge in [-0.2, -0.15) is 0 Å². The van der Waals surface area contributed by atoms with Crippen molar-refractivity contribution >= 4 is 44.0 Å². The lowest BCUT2D eigenvalue weighted by Crippen LogP contribution is -2.49. The average Bonchev–Trinajstić information content (AvgIpc) is 3.23. The van der Waals surface area contributed by atoms with E-state index in [2.05, 4.69) is 27.5 Å². The highest BCUT2D eigenvalue weighted by atomic mass is 32.2. The summed E-state index contributed by atoms with van der Waals surface area (Å²) in [5.41, 5.74) is 3.91. The molecule has 1 fully saturated rings. The van der Waals surface area contributed by atoms with Crippen LogP contribution in [0.25, 0.3) is 21.9 Å². The zero-order valence-corrected chi connectivity index (χ0v) is 31.9. The summed E-state index contributed by atoms with van der Waals surface area (Å²) in [4.78, 5) is 38.4. The van der Waals surface area contributed by atoms with Crippen molar-refractivity contribution in [2.45, 2.75) is 62.1 Å². The number of nitro groups is 1. The molecule has 0 bridgehead atoms. The number of fused-ring (bicyclic) bond motifs is 1. The monoisotopic (exact) mass is 782 g/mol. The highest BCUT2D eigenvalue weighted by Crippen LogP contribution is 2.31. The first kappa shape index (κ1) is 38.7. The van der Waals surface area contributed by atoms with Gasteiger partial charge in [0.25, 0.3) is 27.5 Å². The van der Waals surface area contributed by atoms with E-state index in [-0.39, 0.29) is 23.7 Å². The molecule has 7 rings (SSSR count). The standard InChI is InChI=1S/C45H42N4O7S/c50-44(37-22-21-34-11-7-8-12-36(34)28-37)47-42(27-31-17-23-39(24-18-31)56-30-32-15-19-35(20-16-32)33-9-3-1-4-10-33)45(51)48-57(54,55)40-25-26-41(43(29-40)49(52)53)46-38-13-5-2-6-14-38/h1,3-4,7-12,15-26,28-29,38,42,46H,2,5-6,13-14,27,30H2,(H,47,50)(H,48,51). The first-order chi connectivity index (χ1) is 27.6. The second kappa shape index (κ2) is 17.5. The zero-order chi connectivity index (χ0) is 39.8. The minimum Gasteiger partial charge on any atom is -0.489 e. The van der Waals surface area contributed by atoms with Gasteiger partial charge in [-0.15, -0.1) is 0 Å². The van der Waals surface area contributed by atoms with Crippen molar-refractivity contribution in [3.8, 4) is 16.9 Å². The Morgan fingerprint density at radius 3 is 2.12 bits per heavy atom. The van der Waals surface area contributed by atoms with E-state index in [0.29, 0.717) is 17.9 Å². The summed E-state index contributed by atoms with van der Waals surface area (Å²) in [6.07, 6.45) is 4.77. The van der Waals surface area contributed by atoms with Crippen LogP contribution in [0.2, 0.25) is 0 Å². The molecular weight excluding hydrogens is 741 g/mol. The smallest absolute Gasteiger partial charge is 0.293 e. The quantitative estimate of drug-likeness (QED) is 0.0733. The molecule has 6 aromatic carbocycles. The summed E-state index contributed by atoms with van der Waals surface area (Å²) in [6.45, 7) is 0.328. The Morgan fingerprint density at radius 2 is 1.40 bits per heavy atom. The van der Waals surface area contributed by atoms with Crippen molar-refractivity contribution < 1.29 is 27.7 Å². The van der Waals surface area contributed by atoms with Crippen LogP contribution < -0.4 is 20.1 Å². The molecular formula is C45H42N4O7S. The lowest BCUT2D eigenvalue weighted by atomic mass is 9.95. The van der Waals surface area contributed by atoms with Crippen LogP contribution in [-0.2, 0) is 27.8 Å². The van der Waals surface area contributed by atoms with E-state index >= 15 is 0 Å². The Kier molecular flexibility index (Phi) is 11.9. The van der Waals surface area contributed by atoms with Gasteiger partial charge in [-0.25, -0.2) is 13.1 Å². The van der Waals surface area contributed by atoms with Gasteiger partial charge in [-0.1, -0.05) is 116 Å². The summed E-state index contributed by atoms with van der Waals surface area (Å²) >= 11 is 0. The molecule has 1 aliphatic rings. The minimum absolute atomic E-state index is 0.0461. The minimum atomic E-state index is -4.59. The molecule has 12 heteroatoms. The van der Waals surface area contributed by atoms with E-state index in [1.54, 1.807) is 42.5 Å². The molecule has 1 saturated carbocycles. The van der Waals surface area contributed by atoms with Crippen LogP contribution in [0.1, 0.15) is 53.6 Å². The van der Waals surface area contributed by atoms with Gasteiger partial charge >= 0.3 is 0 Å². The summed E-state index contributed by atoms with van der Waals surface area (Å²) in [7, 11) is -4.59. The largest absolute Gasteiger partial charge is 0.489 e. The molecule has 1 aliphatic carbocycles. The van der Waals surface area contributed by atoms with Crippen molar-refractivity contribution in [3.63, 3.8) is 0 Å². The first-order valence-electron chi connectivity index (χ1n) is 18.9. The molecule has 6 aromatic rings. The molecule has 2 amide bonds. The maximum absolute atomic E-state index is 13.8. The van der Waals surface area contributed by atoms with Gasteiger partial charge in [-0.05, 0) is 82.3 Å². The lowest BCUT2D eigenvalue weighted by molar-refractivity contribution is -0.384. The third-order valence-electron chi connectivity index (χ3n) is 10.1. The number of carbonyl (C=O) groups excluding carboxylic acids is 2. The highest BCUT2D eigenvalue weighted by Gasteiger charge is 2.29. The van der Waals surface area contributed by atoms with Gasteiger partial charge in [0, 0.05) is 24.1 Å². The molecule has 0 aromatic heterocycles. The van der Waals surface area contributed by atoms with Gasteiger partial charge in [0.15, 0.2) is 0 Å². The van der Waals surface area contributed by atoms with Crippen LogP contribution in [0, 0.1) is 10.1 Å². The van der Waals surface area contributed by atoms with Crippen LogP contribution in [0.15, 0.2) is 144 Å². The van der Waals surface area contributed by atoms with E-state index in [9.17, 15) is 28.1 Å². The van der Waals surface area contributed by atoms with Gasteiger partial charge in [0.2, 0.25) is 0 Å². The highest BCUT2D eigenvalue weighted by molar-refractivity contribution is 7.90. The Morgan fingerprint density at radius 1 is 0.737 bits per heavy atom. The molecule has 290 valence electrons. The van der Waals surface area contributed by atoms with E-state index in [4.69, 9.17) is 4.74 Å². The lowest BCUT2D eigenvalue weighted by Gasteiger charge is -2.23. The van der Waals surface area contributed by atoms with Crippen LogP contribution >= 0.6 is 0 Å². The number of anilines is 1. The number of rotatable bonds is 14. The molecule has 0 saturated heterocycles. The Bertz CT molecular complexity index is 2490. The third kappa shape index (κ3) is 9.83. The van der Waals surface area contributed by atoms with E-state index in [0.717, 1.165) is 65.6 Å². The number of carbonyl (C=O) groups is 2. The molecule has 0 spiro atoms. The number of hydrogen-bond acceptors (Lipinski definition) is 8. The number of amides is 2. The van der Waals surface area contributed by atoms with Crippen LogP contribution in [-0.4, -0.2) is 37.2 Å². The fraction of sp³-hybridized carbons (Fsp3) is 0.200. The number of nitrogens with zero attached hydrogens (tertiary/aromatic N) is 1. The molecule has 0 heterocycles. The number of ether oxygens (including phenoxy) is 1. The molecule has 11 nitrogen and oxygen atoms in total. The SMILES string of the molecule is O=C(NC(Cc1ccc(OCc2ccc(-c3ccccc3)cc2)cc1)C(=O)NS(=O)(=O)c1ccc(NC2CCCCC2)c([N+](=O)[O-])c1)c1ccc2ccccc2c1. The first-order valence-corrected chi connectivity index (χ1v) is 20.4. The maximum atomic E-state index is 13.8. The molecule has 0 aliphatic heterocycles. The third-order valence-corrected chi connectivity index (χ3v) is 11.5. The predicted octanol–water partition coefficient (Wildman–Crippen LogP) is 8.58. The van der Waals surface area contributed by atoms with Crippen molar-refractivity contribution in [2.75, 3.05) is 5.32 Å². The summed E-state index contributed by atoms with van der Waals surface area (Å²) in [5, 5.41) is 19.7. The average molecular weight is 783 g/mol. The normalized spacial score (nSPS) is 13.7. The van der Waals surface area contributed by atoms with Crippen LogP contribution in [0.3, 0.4) is 0 Å². The molecule has 57 heavy (non-hydrogen) atoms. The van der Waals surface area contributed by atoms with Gasteiger partial charge < -0.3 is 15.4 Å². The number of nitro benzene ring substituents is 1. The number of sulfonamides is 1. The second-order valence-electron chi connectivity index (χ2n) is 14.2. The number of hydrogen-bond donors (Lipinski definition) is 3. The fourth-order valence-corrected chi connectivity index (χ4v) is 8.05. The van der Waals surface area contributed by atoms with Crippen LogP contribution in [0.4, 0.5) is 11.4 Å². The summed E-state index contributed by atoms with van der Waals surface area (Å²) in [5.74, 6) is -1.00. The molecule has 1 atom stereocenters. The summed E-state index contributed by atoms with van der Waals surface area (Å²) < 4.78 is 35.3. The van der Waals surface area contributed by atoms with Crippen molar-refractivity contribution in [1.82, 2.24) is 10.0 Å². The maximum Gasteiger partial charge on any atom is 0.293 e. The topological polar surface area (TPSA) is 157 Å². The predicted molar refractivity (Wildman–Crippen MR) is 220 cm³/mol. The van der Waals surface area contributed by atoms with Gasteiger partial charge in [-0.3, -0.25) is 19.7 Å². The second-order valence-corrected chi connectivity index (χ2v) is 15.9. The number of nitrogens with one attached hydrogen (secondary N) is 3. The van der Waals surface area contributed by atoms with Crippen LogP contribution in [0.5, 0.6) is 5.75 Å². The van der Waals surface area contributed by atoms with Crippen molar-refractivity contribution in [2.24, 2.45) is 0 Å². The van der Waals surface area contributed by atoms with E-state index in [1.165, 1.54) is 12.1 Å². The molecule has 1 unspecified atom stereocenters. The summed E-state index contributed by atoms with van der Waals surface area (Å²) in [6, 6.07) is 40.0. The van der Waals surface area contributed by atoms with E-state index < -0.39 is 43.4 Å². The Balaban J connectivity index is 1.07. The Hall–Kier alpha value is -6.53. The zero-order valence-electron chi connectivity index (χ0n) is 31.1. The fourth-order valence-electron chi connectivity index (χ4n) is 7.01.